The number of methoxy groups -OCH3 is 1. The molecule has 0 aromatic heterocycles. The Labute approximate surface area is 204 Å². The van der Waals surface area contributed by atoms with Crippen LogP contribution in [0.25, 0.3) is 0 Å². The summed E-state index contributed by atoms with van der Waals surface area (Å²) in [6, 6.07) is 25.2. The Morgan fingerprint density at radius 2 is 1.59 bits per heavy atom. The van der Waals surface area contributed by atoms with Gasteiger partial charge in [-0.15, -0.1) is 0 Å². The molecule has 0 saturated heterocycles. The van der Waals surface area contributed by atoms with E-state index in [1.54, 1.807) is 6.07 Å². The minimum Gasteiger partial charge on any atom is -0.489 e. The molecule has 3 aromatic rings. The maximum Gasteiger partial charge on any atom is 0.337 e. The van der Waals surface area contributed by atoms with E-state index in [4.69, 9.17) is 9.47 Å². The van der Waals surface area contributed by atoms with Gasteiger partial charge in [-0.05, 0) is 75.6 Å². The molecule has 180 valence electrons. The Balaban J connectivity index is 2.03. The summed E-state index contributed by atoms with van der Waals surface area (Å²) in [5.41, 5.74) is 5.05. The fourth-order valence-corrected chi connectivity index (χ4v) is 4.66. The molecule has 34 heavy (non-hydrogen) atoms. The van der Waals surface area contributed by atoms with E-state index < -0.39 is 0 Å². The maximum atomic E-state index is 12.3. The number of benzene rings is 3. The van der Waals surface area contributed by atoms with Crippen LogP contribution in [0.2, 0.25) is 0 Å². The smallest absolute Gasteiger partial charge is 0.337 e. The summed E-state index contributed by atoms with van der Waals surface area (Å²) in [5.74, 6) is 0.528. The monoisotopic (exact) mass is 459 g/mol. The number of anilines is 1. The molecule has 0 aliphatic carbocycles. The summed E-state index contributed by atoms with van der Waals surface area (Å²) in [6.45, 7) is 11.5. The van der Waals surface area contributed by atoms with Gasteiger partial charge in [-0.1, -0.05) is 49.4 Å². The topological polar surface area (TPSA) is 38.8 Å². The predicted octanol–water partition coefficient (Wildman–Crippen LogP) is 7.22. The normalized spacial score (nSPS) is 12.0. The van der Waals surface area contributed by atoms with Crippen LogP contribution < -0.4 is 9.64 Å². The zero-order valence-electron chi connectivity index (χ0n) is 21.2. The molecule has 3 aromatic carbocycles. The Hall–Kier alpha value is -3.27. The molecule has 0 N–H and O–H groups in total. The van der Waals surface area contributed by atoms with Crippen molar-refractivity contribution in [2.45, 2.75) is 65.6 Å². The van der Waals surface area contributed by atoms with Crippen molar-refractivity contribution < 1.29 is 14.3 Å². The van der Waals surface area contributed by atoms with Gasteiger partial charge in [0.25, 0.3) is 0 Å². The Kier molecular flexibility index (Phi) is 8.75. The highest BCUT2D eigenvalue weighted by Gasteiger charge is 2.22. The van der Waals surface area contributed by atoms with Crippen LogP contribution in [0.4, 0.5) is 5.69 Å². The molecular formula is C30H37NO3. The predicted molar refractivity (Wildman–Crippen MR) is 140 cm³/mol. The second-order valence-corrected chi connectivity index (χ2v) is 9.17. The lowest BCUT2D eigenvalue weighted by molar-refractivity contribution is 0.0600. The first kappa shape index (κ1) is 25.4. The first-order chi connectivity index (χ1) is 16.3. The SMILES string of the molecule is CC[C@H](c1cccc(N(C(C)C)C(C)C)c1)c1cc(C(=O)OC)ccc1OCc1ccccc1. The van der Waals surface area contributed by atoms with E-state index in [0.29, 0.717) is 24.3 Å². The minimum atomic E-state index is -0.342. The standard InChI is InChI=1S/C30H37NO3/c1-7-27(24-14-11-15-26(18-24)31(21(2)3)22(4)5)28-19-25(30(32)33-6)16-17-29(28)34-20-23-12-9-8-10-13-23/h8-19,21-22,27H,7,20H2,1-6H3/t27-/m1/s1. The van der Waals surface area contributed by atoms with Gasteiger partial charge in [0.05, 0.1) is 12.7 Å². The molecule has 0 saturated carbocycles. The van der Waals surface area contributed by atoms with Crippen LogP contribution in [0.3, 0.4) is 0 Å². The number of carbonyl (C=O) groups excluding carboxylic acids is 1. The molecular weight excluding hydrogens is 422 g/mol. The van der Waals surface area contributed by atoms with Crippen LogP contribution >= 0.6 is 0 Å². The van der Waals surface area contributed by atoms with E-state index in [-0.39, 0.29) is 11.9 Å². The van der Waals surface area contributed by atoms with Gasteiger partial charge >= 0.3 is 5.97 Å². The third kappa shape index (κ3) is 5.99. The molecule has 0 amide bonds. The van der Waals surface area contributed by atoms with Gasteiger partial charge in [-0.3, -0.25) is 0 Å². The van der Waals surface area contributed by atoms with Gasteiger partial charge in [-0.25, -0.2) is 4.79 Å². The highest BCUT2D eigenvalue weighted by Crippen LogP contribution is 2.37. The molecule has 4 heteroatoms. The Morgan fingerprint density at radius 3 is 2.21 bits per heavy atom. The summed E-state index contributed by atoms with van der Waals surface area (Å²) in [7, 11) is 1.41. The molecule has 0 fully saturated rings. The van der Waals surface area contributed by atoms with Crippen molar-refractivity contribution in [3.8, 4) is 5.75 Å². The number of carbonyl (C=O) groups is 1. The van der Waals surface area contributed by atoms with Gasteiger partial charge in [0, 0.05) is 29.3 Å². The average molecular weight is 460 g/mol. The van der Waals surface area contributed by atoms with Crippen molar-refractivity contribution in [1.82, 2.24) is 0 Å². The molecule has 1 atom stereocenters. The molecule has 0 unspecified atom stereocenters. The first-order valence-electron chi connectivity index (χ1n) is 12.1. The lowest BCUT2D eigenvalue weighted by atomic mass is 9.87. The van der Waals surface area contributed by atoms with E-state index in [1.807, 2.05) is 30.3 Å². The van der Waals surface area contributed by atoms with Gasteiger partial charge < -0.3 is 14.4 Å². The molecule has 0 bridgehead atoms. The highest BCUT2D eigenvalue weighted by molar-refractivity contribution is 5.89. The van der Waals surface area contributed by atoms with Gasteiger partial charge in [0.2, 0.25) is 0 Å². The molecule has 3 rings (SSSR count). The summed E-state index contributed by atoms with van der Waals surface area (Å²) in [6.07, 6.45) is 0.874. The number of rotatable bonds is 10. The van der Waals surface area contributed by atoms with Gasteiger partial charge in [0.1, 0.15) is 12.4 Å². The number of ether oxygens (including phenoxy) is 2. The van der Waals surface area contributed by atoms with E-state index in [0.717, 1.165) is 23.3 Å². The van der Waals surface area contributed by atoms with E-state index >= 15 is 0 Å². The minimum absolute atomic E-state index is 0.0801. The Bertz CT molecular complexity index is 1070. The van der Waals surface area contributed by atoms with E-state index in [2.05, 4.69) is 75.9 Å². The summed E-state index contributed by atoms with van der Waals surface area (Å²) in [5, 5.41) is 0. The van der Waals surface area contributed by atoms with Crippen molar-refractivity contribution in [1.29, 1.82) is 0 Å². The molecule has 0 aliphatic rings. The number of hydrogen-bond donors (Lipinski definition) is 0. The second kappa shape index (κ2) is 11.7. The third-order valence-electron chi connectivity index (χ3n) is 6.14. The maximum absolute atomic E-state index is 12.3. The molecule has 0 aliphatic heterocycles. The van der Waals surface area contributed by atoms with Crippen LogP contribution in [-0.4, -0.2) is 25.2 Å². The largest absolute Gasteiger partial charge is 0.489 e. The highest BCUT2D eigenvalue weighted by atomic mass is 16.5. The van der Waals surface area contributed by atoms with Gasteiger partial charge in [0.15, 0.2) is 0 Å². The van der Waals surface area contributed by atoms with Crippen molar-refractivity contribution in [2.24, 2.45) is 0 Å². The number of hydrogen-bond acceptors (Lipinski definition) is 4. The van der Waals surface area contributed by atoms with Crippen LogP contribution in [0.1, 0.15) is 74.0 Å². The van der Waals surface area contributed by atoms with E-state index in [1.165, 1.54) is 18.4 Å². The van der Waals surface area contributed by atoms with Crippen molar-refractivity contribution >= 4 is 11.7 Å². The zero-order valence-corrected chi connectivity index (χ0v) is 21.2. The van der Waals surface area contributed by atoms with Gasteiger partial charge in [-0.2, -0.15) is 0 Å². The third-order valence-corrected chi connectivity index (χ3v) is 6.14. The second-order valence-electron chi connectivity index (χ2n) is 9.17. The van der Waals surface area contributed by atoms with Crippen LogP contribution in [0, 0.1) is 0 Å². The quantitative estimate of drug-likeness (QED) is 0.300. The van der Waals surface area contributed by atoms with E-state index in [9.17, 15) is 4.79 Å². The van der Waals surface area contributed by atoms with Crippen LogP contribution in [0.5, 0.6) is 5.75 Å². The summed E-state index contributed by atoms with van der Waals surface area (Å²) < 4.78 is 11.3. The summed E-state index contributed by atoms with van der Waals surface area (Å²) >= 11 is 0. The van der Waals surface area contributed by atoms with Crippen LogP contribution in [-0.2, 0) is 11.3 Å². The molecule has 4 nitrogen and oxygen atoms in total. The number of nitrogens with zero attached hydrogens (tertiary/aromatic N) is 1. The lowest BCUT2D eigenvalue weighted by Gasteiger charge is -2.34. The number of esters is 1. The first-order valence-corrected chi connectivity index (χ1v) is 12.1. The van der Waals surface area contributed by atoms with Crippen molar-refractivity contribution in [3.05, 3.63) is 95.1 Å². The average Bonchev–Trinajstić information content (AvgIpc) is 2.83. The zero-order chi connectivity index (χ0) is 24.7. The van der Waals surface area contributed by atoms with Crippen molar-refractivity contribution in [2.75, 3.05) is 12.0 Å². The Morgan fingerprint density at radius 1 is 0.882 bits per heavy atom. The van der Waals surface area contributed by atoms with Crippen molar-refractivity contribution in [3.63, 3.8) is 0 Å². The summed E-state index contributed by atoms with van der Waals surface area (Å²) in [4.78, 5) is 14.8. The fourth-order valence-electron chi connectivity index (χ4n) is 4.66. The molecule has 0 heterocycles. The fraction of sp³-hybridized carbons (Fsp3) is 0.367. The lowest BCUT2D eigenvalue weighted by Crippen LogP contribution is -2.37. The van der Waals surface area contributed by atoms with Crippen LogP contribution in [0.15, 0.2) is 72.8 Å². The molecule has 0 spiro atoms. The molecule has 0 radical (unpaired) electrons.